The van der Waals surface area contributed by atoms with E-state index in [-0.39, 0.29) is 22.2 Å². The molecule has 0 radical (unpaired) electrons. The number of allylic oxidation sites excluding steroid dienone is 2. The van der Waals surface area contributed by atoms with Crippen LogP contribution in [0.3, 0.4) is 0 Å². The first-order valence-electron chi connectivity index (χ1n) is 10.9. The lowest BCUT2D eigenvalue weighted by Crippen LogP contribution is -2.37. The van der Waals surface area contributed by atoms with Gasteiger partial charge in [0.2, 0.25) is 0 Å². The van der Waals surface area contributed by atoms with Gasteiger partial charge in [0.05, 0.1) is 6.10 Å². The first kappa shape index (κ1) is 21.2. The molecular formula is C26H38O2. The van der Waals surface area contributed by atoms with Gasteiger partial charge in [0.25, 0.3) is 0 Å². The van der Waals surface area contributed by atoms with Crippen LogP contribution in [0, 0.1) is 11.3 Å². The molecule has 0 heterocycles. The molecule has 0 spiro atoms. The minimum Gasteiger partial charge on any atom is -0.508 e. The molecule has 28 heavy (non-hydrogen) atoms. The summed E-state index contributed by atoms with van der Waals surface area (Å²) in [4.78, 5) is 0. The number of hydrogen-bond donors (Lipinski definition) is 2. The zero-order valence-corrected chi connectivity index (χ0v) is 18.5. The summed E-state index contributed by atoms with van der Waals surface area (Å²) < 4.78 is 0. The van der Waals surface area contributed by atoms with Crippen LogP contribution in [0.2, 0.25) is 0 Å². The predicted molar refractivity (Wildman–Crippen MR) is 118 cm³/mol. The van der Waals surface area contributed by atoms with Crippen molar-refractivity contribution in [2.75, 3.05) is 0 Å². The maximum Gasteiger partial charge on any atom is 0.119 e. The van der Waals surface area contributed by atoms with E-state index < -0.39 is 6.10 Å². The van der Waals surface area contributed by atoms with E-state index in [9.17, 15) is 10.2 Å². The summed E-state index contributed by atoms with van der Waals surface area (Å²) >= 11 is 0. The van der Waals surface area contributed by atoms with Crippen LogP contribution in [0.4, 0.5) is 0 Å². The Kier molecular flexibility index (Phi) is 5.57. The van der Waals surface area contributed by atoms with Crippen molar-refractivity contribution >= 4 is 0 Å². The van der Waals surface area contributed by atoms with Gasteiger partial charge in [-0.1, -0.05) is 91.2 Å². The van der Waals surface area contributed by atoms with Gasteiger partial charge in [-0.05, 0) is 46.4 Å². The summed E-state index contributed by atoms with van der Waals surface area (Å²) in [5.74, 6) is 0.504. The number of aromatic hydroxyl groups is 1. The molecule has 1 aromatic carbocycles. The highest BCUT2D eigenvalue weighted by molar-refractivity contribution is 5.50. The molecule has 0 aromatic heterocycles. The average molecular weight is 383 g/mol. The van der Waals surface area contributed by atoms with Crippen LogP contribution in [-0.2, 0) is 10.8 Å². The van der Waals surface area contributed by atoms with E-state index in [1.54, 1.807) is 0 Å². The molecular weight excluding hydrogens is 344 g/mol. The lowest BCUT2D eigenvalue weighted by atomic mass is 9.61. The van der Waals surface area contributed by atoms with Crippen LogP contribution < -0.4 is 0 Å². The topological polar surface area (TPSA) is 40.5 Å². The Morgan fingerprint density at radius 2 is 1.61 bits per heavy atom. The van der Waals surface area contributed by atoms with E-state index in [1.165, 1.54) is 30.4 Å². The zero-order chi connectivity index (χ0) is 20.7. The quantitative estimate of drug-likeness (QED) is 0.620. The van der Waals surface area contributed by atoms with Crippen molar-refractivity contribution in [2.45, 2.75) is 90.6 Å². The molecule has 0 saturated heterocycles. The second kappa shape index (κ2) is 7.37. The summed E-state index contributed by atoms with van der Waals surface area (Å²) in [7, 11) is 0. The average Bonchev–Trinajstić information content (AvgIpc) is 2.61. The fourth-order valence-electron chi connectivity index (χ4n) is 5.08. The molecule has 2 heteroatoms. The minimum absolute atomic E-state index is 0.0107. The van der Waals surface area contributed by atoms with Crippen LogP contribution in [0.5, 0.6) is 5.75 Å². The first-order chi connectivity index (χ1) is 12.9. The number of phenolic OH excluding ortho intramolecular Hbond substituents is 1. The zero-order valence-electron chi connectivity index (χ0n) is 18.5. The molecule has 154 valence electrons. The third-order valence-electron chi connectivity index (χ3n) is 6.82. The highest BCUT2D eigenvalue weighted by Gasteiger charge is 2.40. The van der Waals surface area contributed by atoms with Crippen molar-refractivity contribution in [3.8, 4) is 5.75 Å². The molecule has 0 amide bonds. The van der Waals surface area contributed by atoms with Gasteiger partial charge >= 0.3 is 0 Å². The maximum atomic E-state index is 10.6. The fourth-order valence-corrected chi connectivity index (χ4v) is 5.08. The number of benzene rings is 1. The summed E-state index contributed by atoms with van der Waals surface area (Å²) in [6.45, 7) is 13.1. The molecule has 1 aromatic rings. The molecule has 2 aliphatic rings. The Morgan fingerprint density at radius 3 is 2.18 bits per heavy atom. The van der Waals surface area contributed by atoms with E-state index in [4.69, 9.17) is 0 Å². The highest BCUT2D eigenvalue weighted by Crippen LogP contribution is 2.49. The molecule has 2 aliphatic carbocycles. The molecule has 3 rings (SSSR count). The van der Waals surface area contributed by atoms with E-state index in [0.29, 0.717) is 5.75 Å². The molecule has 1 fully saturated rings. The predicted octanol–water partition coefficient (Wildman–Crippen LogP) is 6.41. The van der Waals surface area contributed by atoms with Gasteiger partial charge < -0.3 is 10.2 Å². The van der Waals surface area contributed by atoms with Gasteiger partial charge in [-0.15, -0.1) is 0 Å². The summed E-state index contributed by atoms with van der Waals surface area (Å²) in [5, 5.41) is 21.1. The Hall–Kier alpha value is -1.54. The normalized spacial score (nSPS) is 25.5. The smallest absolute Gasteiger partial charge is 0.119 e. The van der Waals surface area contributed by atoms with Crippen LogP contribution >= 0.6 is 0 Å². The SMILES string of the molecule is CC(C)(C)c1cc(C2(C3=CC(C(C)(C)C)C(O)C=C3)CCCCC2)ccc1O. The Bertz CT molecular complexity index is 765. The van der Waals surface area contributed by atoms with E-state index in [0.717, 1.165) is 18.4 Å². The summed E-state index contributed by atoms with van der Waals surface area (Å²) in [5.41, 5.74) is 3.57. The van der Waals surface area contributed by atoms with Crippen LogP contribution in [0.1, 0.15) is 84.8 Å². The number of rotatable bonds is 2. The molecule has 2 N–H and O–H groups in total. The van der Waals surface area contributed by atoms with Crippen molar-refractivity contribution in [3.63, 3.8) is 0 Å². The van der Waals surface area contributed by atoms with E-state index in [1.807, 2.05) is 12.1 Å². The fraction of sp³-hybridized carbons (Fsp3) is 0.615. The van der Waals surface area contributed by atoms with Crippen LogP contribution in [0.25, 0.3) is 0 Å². The van der Waals surface area contributed by atoms with Gasteiger partial charge in [0, 0.05) is 11.3 Å². The third-order valence-corrected chi connectivity index (χ3v) is 6.82. The summed E-state index contributed by atoms with van der Waals surface area (Å²) in [6, 6.07) is 6.25. The molecule has 0 bridgehead atoms. The van der Waals surface area contributed by atoms with Crippen molar-refractivity contribution in [3.05, 3.63) is 53.1 Å². The first-order valence-corrected chi connectivity index (χ1v) is 10.9. The summed E-state index contributed by atoms with van der Waals surface area (Å²) in [6.07, 6.45) is 12.1. The standard InChI is InChI=1S/C26H38O2/c1-24(2,3)20-16-18(10-12-22(20)27)26(14-8-7-9-15-26)19-11-13-23(28)21(17-19)25(4,5)6/h10-13,16-17,20,22,27-28H,7-9,14-15H2,1-6H3. The largest absolute Gasteiger partial charge is 0.508 e. The molecule has 1 saturated carbocycles. The number of aliphatic hydroxyl groups excluding tert-OH is 1. The van der Waals surface area contributed by atoms with E-state index in [2.05, 4.69) is 65.8 Å². The van der Waals surface area contributed by atoms with Crippen molar-refractivity contribution in [2.24, 2.45) is 11.3 Å². The molecule has 2 unspecified atom stereocenters. The highest BCUT2D eigenvalue weighted by atomic mass is 16.3. The molecule has 2 nitrogen and oxygen atoms in total. The number of phenols is 1. The van der Waals surface area contributed by atoms with Gasteiger partial charge in [0.15, 0.2) is 0 Å². The molecule has 0 aliphatic heterocycles. The second-order valence-electron chi connectivity index (χ2n) is 11.0. The monoisotopic (exact) mass is 382 g/mol. The van der Waals surface area contributed by atoms with Gasteiger partial charge in [-0.25, -0.2) is 0 Å². The number of hydrogen-bond acceptors (Lipinski definition) is 2. The van der Waals surface area contributed by atoms with Gasteiger partial charge in [-0.2, -0.15) is 0 Å². The van der Waals surface area contributed by atoms with E-state index >= 15 is 0 Å². The van der Waals surface area contributed by atoms with Crippen LogP contribution in [0.15, 0.2) is 42.0 Å². The lowest BCUT2D eigenvalue weighted by molar-refractivity contribution is 0.105. The van der Waals surface area contributed by atoms with Gasteiger partial charge in [0.1, 0.15) is 5.75 Å². The Labute approximate surface area is 171 Å². The molecule has 2 atom stereocenters. The van der Waals surface area contributed by atoms with Crippen molar-refractivity contribution < 1.29 is 10.2 Å². The van der Waals surface area contributed by atoms with Crippen LogP contribution in [-0.4, -0.2) is 16.3 Å². The van der Waals surface area contributed by atoms with Crippen molar-refractivity contribution in [1.82, 2.24) is 0 Å². The minimum atomic E-state index is -0.422. The maximum absolute atomic E-state index is 10.6. The second-order valence-corrected chi connectivity index (χ2v) is 11.0. The van der Waals surface area contributed by atoms with Gasteiger partial charge in [-0.3, -0.25) is 0 Å². The lowest BCUT2D eigenvalue weighted by Gasteiger charge is -2.43. The third kappa shape index (κ3) is 3.94. The Balaban J connectivity index is 2.14. The number of aliphatic hydroxyl groups is 1. The Morgan fingerprint density at radius 1 is 0.964 bits per heavy atom. The van der Waals surface area contributed by atoms with Crippen molar-refractivity contribution in [1.29, 1.82) is 0 Å².